The van der Waals surface area contributed by atoms with Crippen molar-refractivity contribution in [1.29, 1.82) is 10.7 Å². The Morgan fingerprint density at radius 3 is 2.71 bits per heavy atom. The first-order chi connectivity index (χ1) is 14.7. The number of carbonyl (C=O) groups excluding carboxylic acids is 1. The van der Waals surface area contributed by atoms with Crippen molar-refractivity contribution in [1.82, 2.24) is 4.90 Å². The molecule has 4 atom stereocenters. The van der Waals surface area contributed by atoms with Crippen LogP contribution in [0.2, 0.25) is 0 Å². The lowest BCUT2D eigenvalue weighted by molar-refractivity contribution is -0.140. The van der Waals surface area contributed by atoms with E-state index in [1.54, 1.807) is 7.11 Å². The molecule has 0 aromatic heterocycles. The number of nitrogens with zero attached hydrogens (tertiary/aromatic N) is 2. The zero-order chi connectivity index (χ0) is 22.8. The summed E-state index contributed by atoms with van der Waals surface area (Å²) in [6.45, 7) is 7.78. The Labute approximate surface area is 185 Å². The van der Waals surface area contributed by atoms with Crippen molar-refractivity contribution in [2.75, 3.05) is 26.9 Å². The fraction of sp³-hybridized carbons (Fsp3) is 0.625. The number of nitriles is 1. The molecule has 1 aromatic carbocycles. The molecule has 0 bridgehead atoms. The zero-order valence-corrected chi connectivity index (χ0v) is 19.0. The Kier molecular flexibility index (Phi) is 7.03. The lowest BCUT2D eigenvalue weighted by Gasteiger charge is -2.42. The van der Waals surface area contributed by atoms with Crippen LogP contribution >= 0.6 is 0 Å². The summed E-state index contributed by atoms with van der Waals surface area (Å²) in [7, 11) is 1.73. The minimum Gasteiger partial charge on any atom is -0.381 e. The zero-order valence-electron chi connectivity index (χ0n) is 19.0. The van der Waals surface area contributed by atoms with E-state index in [-0.39, 0.29) is 35.2 Å². The molecule has 0 radical (unpaired) electrons. The van der Waals surface area contributed by atoms with E-state index in [9.17, 15) is 10.1 Å². The van der Waals surface area contributed by atoms with Gasteiger partial charge in [0.1, 0.15) is 0 Å². The summed E-state index contributed by atoms with van der Waals surface area (Å²) in [5.74, 6) is -0.463. The molecule has 7 nitrogen and oxygen atoms in total. The van der Waals surface area contributed by atoms with Crippen molar-refractivity contribution in [2.24, 2.45) is 23.0 Å². The highest BCUT2D eigenvalue weighted by atomic mass is 16.5. The van der Waals surface area contributed by atoms with Crippen LogP contribution in [0.3, 0.4) is 0 Å². The molecule has 7 heteroatoms. The molecule has 1 amide bonds. The molecule has 0 saturated carbocycles. The first-order valence-electron chi connectivity index (χ1n) is 11.0. The average molecular weight is 427 g/mol. The van der Waals surface area contributed by atoms with Gasteiger partial charge >= 0.3 is 0 Å². The number of ether oxygens (including phenoxy) is 2. The third-order valence-electron chi connectivity index (χ3n) is 6.84. The number of amides is 1. The van der Waals surface area contributed by atoms with E-state index in [1.165, 1.54) is 4.90 Å². The highest BCUT2D eigenvalue weighted by Gasteiger charge is 2.44. The molecule has 168 valence electrons. The predicted molar refractivity (Wildman–Crippen MR) is 119 cm³/mol. The Balaban J connectivity index is 1.93. The molecule has 1 heterocycles. The molecule has 1 aliphatic carbocycles. The Morgan fingerprint density at radius 2 is 2.19 bits per heavy atom. The fourth-order valence-corrected chi connectivity index (χ4v) is 5.15. The minimum atomic E-state index is -0.423. The molecule has 1 aromatic rings. The summed E-state index contributed by atoms with van der Waals surface area (Å²) in [6.07, 6.45) is 2.63. The van der Waals surface area contributed by atoms with Gasteiger partial charge in [-0.3, -0.25) is 15.1 Å². The predicted octanol–water partition coefficient (Wildman–Crippen LogP) is 3.02. The molecule has 31 heavy (non-hydrogen) atoms. The maximum Gasteiger partial charge on any atom is 0.237 e. The number of methoxy groups -OCH3 is 1. The van der Waals surface area contributed by atoms with Crippen LogP contribution in [0.4, 0.5) is 0 Å². The van der Waals surface area contributed by atoms with Crippen LogP contribution in [0, 0.1) is 34.0 Å². The van der Waals surface area contributed by atoms with Gasteiger partial charge in [0.05, 0.1) is 36.9 Å². The Bertz CT molecular complexity index is 870. The number of benzene rings is 1. The second-order valence-electron chi connectivity index (χ2n) is 9.48. The van der Waals surface area contributed by atoms with Crippen molar-refractivity contribution >= 4 is 11.9 Å². The summed E-state index contributed by atoms with van der Waals surface area (Å²) < 4.78 is 11.0. The summed E-state index contributed by atoms with van der Waals surface area (Å²) in [5, 5.41) is 17.5. The molecule has 2 aliphatic rings. The van der Waals surface area contributed by atoms with Gasteiger partial charge < -0.3 is 15.2 Å². The van der Waals surface area contributed by atoms with Crippen LogP contribution in [0.5, 0.6) is 0 Å². The van der Waals surface area contributed by atoms with E-state index in [0.29, 0.717) is 25.3 Å². The van der Waals surface area contributed by atoms with E-state index in [4.69, 9.17) is 20.6 Å². The first-order valence-corrected chi connectivity index (χ1v) is 11.0. The molecule has 3 N–H and O–H groups in total. The smallest absolute Gasteiger partial charge is 0.237 e. The van der Waals surface area contributed by atoms with Crippen molar-refractivity contribution in [2.45, 2.75) is 52.1 Å². The molecular formula is C24H34N4O3. The molecule has 3 unspecified atom stereocenters. The third kappa shape index (κ3) is 4.76. The molecule has 1 fully saturated rings. The van der Waals surface area contributed by atoms with Crippen LogP contribution < -0.4 is 5.73 Å². The van der Waals surface area contributed by atoms with E-state index < -0.39 is 5.92 Å². The summed E-state index contributed by atoms with van der Waals surface area (Å²) >= 11 is 0. The molecule has 3 rings (SSSR count). The number of carbonyl (C=O) groups is 1. The molecule has 1 saturated heterocycles. The standard InChI is InChI=1S/C24H34N4O3/c1-5-20(30-4)15(2)8-18-10-17-7-6-16(11-25)9-19(17)21(18)22(29)28(23(26)27)12-24(3)13-31-14-24/h6-7,9,15,18,20-21H,5,8,10,12-14H2,1-4H3,(H3,26,27)/t15?,18?,20-,21?/m0/s1. The quantitative estimate of drug-likeness (QED) is 0.490. The van der Waals surface area contributed by atoms with E-state index in [1.807, 2.05) is 25.1 Å². The van der Waals surface area contributed by atoms with Gasteiger partial charge in [-0.1, -0.05) is 26.8 Å². The SMILES string of the molecule is CC[C@H](OC)C(C)CC1Cc2ccc(C#N)cc2C1C(=O)N(CC1(C)COC1)C(=N)N. The molecule has 0 spiro atoms. The highest BCUT2D eigenvalue weighted by Crippen LogP contribution is 2.44. The van der Waals surface area contributed by atoms with Crippen LogP contribution in [-0.2, 0) is 20.7 Å². The average Bonchev–Trinajstić information content (AvgIpc) is 3.07. The molecule has 1 aliphatic heterocycles. The van der Waals surface area contributed by atoms with Gasteiger partial charge in [-0.2, -0.15) is 5.26 Å². The number of rotatable bonds is 8. The fourth-order valence-electron chi connectivity index (χ4n) is 5.15. The lowest BCUT2D eigenvalue weighted by Crippen LogP contribution is -2.55. The number of guanidine groups is 1. The maximum atomic E-state index is 13.8. The number of fused-ring (bicyclic) bond motifs is 1. The number of nitrogens with two attached hydrogens (primary N) is 1. The van der Waals surface area contributed by atoms with Crippen LogP contribution in [0.15, 0.2) is 18.2 Å². The van der Waals surface area contributed by atoms with Crippen molar-refractivity contribution in [3.8, 4) is 6.07 Å². The van der Waals surface area contributed by atoms with Gasteiger partial charge in [-0.25, -0.2) is 0 Å². The van der Waals surface area contributed by atoms with Crippen molar-refractivity contribution < 1.29 is 14.3 Å². The van der Waals surface area contributed by atoms with E-state index in [0.717, 1.165) is 30.4 Å². The second kappa shape index (κ2) is 9.37. The molecular weight excluding hydrogens is 392 g/mol. The Hall–Kier alpha value is -2.43. The van der Waals surface area contributed by atoms with Crippen molar-refractivity contribution in [3.63, 3.8) is 0 Å². The van der Waals surface area contributed by atoms with Gasteiger partial charge in [0.25, 0.3) is 0 Å². The lowest BCUT2D eigenvalue weighted by atomic mass is 9.81. The van der Waals surface area contributed by atoms with Crippen LogP contribution in [-0.4, -0.2) is 49.7 Å². The Morgan fingerprint density at radius 1 is 1.48 bits per heavy atom. The van der Waals surface area contributed by atoms with Crippen LogP contribution in [0.25, 0.3) is 0 Å². The van der Waals surface area contributed by atoms with Gasteiger partial charge in [0.2, 0.25) is 5.91 Å². The van der Waals surface area contributed by atoms with Crippen LogP contribution in [0.1, 0.15) is 56.2 Å². The third-order valence-corrected chi connectivity index (χ3v) is 6.84. The summed E-state index contributed by atoms with van der Waals surface area (Å²) in [4.78, 5) is 15.2. The van der Waals surface area contributed by atoms with Gasteiger partial charge in [0, 0.05) is 19.1 Å². The summed E-state index contributed by atoms with van der Waals surface area (Å²) in [5.41, 5.74) is 8.23. The van der Waals surface area contributed by atoms with Gasteiger partial charge in [0.15, 0.2) is 5.96 Å². The number of nitrogens with one attached hydrogen (secondary N) is 1. The number of hydrogen-bond donors (Lipinski definition) is 2. The van der Waals surface area contributed by atoms with Gasteiger partial charge in [-0.05, 0) is 54.4 Å². The maximum absolute atomic E-state index is 13.8. The summed E-state index contributed by atoms with van der Waals surface area (Å²) in [6, 6.07) is 7.80. The van der Waals surface area contributed by atoms with E-state index >= 15 is 0 Å². The van der Waals surface area contributed by atoms with Gasteiger partial charge in [-0.15, -0.1) is 0 Å². The van der Waals surface area contributed by atoms with Crippen molar-refractivity contribution in [3.05, 3.63) is 34.9 Å². The largest absolute Gasteiger partial charge is 0.381 e. The highest BCUT2D eigenvalue weighted by molar-refractivity contribution is 5.99. The normalized spacial score (nSPS) is 23.2. The van der Waals surface area contributed by atoms with E-state index in [2.05, 4.69) is 19.9 Å². The minimum absolute atomic E-state index is 0.0722. The monoisotopic (exact) mass is 426 g/mol. The second-order valence-corrected chi connectivity index (χ2v) is 9.48. The topological polar surface area (TPSA) is 112 Å². The number of hydrogen-bond acceptors (Lipinski definition) is 5. The first kappa shape index (κ1) is 23.2.